The van der Waals surface area contributed by atoms with Gasteiger partial charge in [-0.15, -0.1) is 0 Å². The molecular weight excluding hydrogens is 448 g/mol. The maximum Gasteiger partial charge on any atom is 0.253 e. The molecule has 0 saturated heterocycles. The van der Waals surface area contributed by atoms with Gasteiger partial charge in [0, 0.05) is 41.6 Å². The number of hydrogen-bond donors (Lipinski definition) is 1. The lowest BCUT2D eigenvalue weighted by molar-refractivity contribution is -0.125. The van der Waals surface area contributed by atoms with Crippen LogP contribution in [0.5, 0.6) is 0 Å². The number of amides is 1. The van der Waals surface area contributed by atoms with E-state index in [4.69, 9.17) is 12.2 Å². The Balaban J connectivity index is 2.20. The monoisotopic (exact) mass is 465 g/mol. The zero-order chi connectivity index (χ0) is 20.6. The van der Waals surface area contributed by atoms with Crippen molar-refractivity contribution in [3.8, 4) is 0 Å². The molecule has 4 nitrogen and oxygen atoms in total. The molecule has 3 rings (SSSR count). The van der Waals surface area contributed by atoms with Gasteiger partial charge in [-0.25, -0.2) is 8.78 Å². The smallest absolute Gasteiger partial charge is 0.253 e. The third-order valence-corrected chi connectivity index (χ3v) is 5.25. The summed E-state index contributed by atoms with van der Waals surface area (Å²) < 4.78 is 28.8. The van der Waals surface area contributed by atoms with Gasteiger partial charge in [0.25, 0.3) is 5.91 Å². The Morgan fingerprint density at radius 1 is 1.21 bits per heavy atom. The van der Waals surface area contributed by atoms with Crippen LogP contribution in [0.25, 0.3) is 0 Å². The molecule has 1 unspecified atom stereocenters. The highest BCUT2D eigenvalue weighted by Crippen LogP contribution is 2.36. The molecule has 28 heavy (non-hydrogen) atoms. The standard InChI is InChI=1S/C20H18BrF2N3OS/c1-11-17(19(27)25(2)3)18(15-8-7-13(22)10-16(15)23)24-20(28)26(11)14-6-4-5-12(21)9-14/h4-10,18H,1-3H3,(H,24,28). The molecule has 1 aliphatic heterocycles. The molecule has 0 bridgehead atoms. The molecule has 1 heterocycles. The van der Waals surface area contributed by atoms with Gasteiger partial charge in [0.1, 0.15) is 11.6 Å². The quantitative estimate of drug-likeness (QED) is 0.675. The SMILES string of the molecule is CC1=C(C(=O)N(C)C)C(c2ccc(F)cc2F)NC(=S)N1c1cccc(Br)c1. The molecule has 0 radical (unpaired) electrons. The second kappa shape index (κ2) is 7.97. The number of anilines is 1. The fourth-order valence-electron chi connectivity index (χ4n) is 3.16. The minimum absolute atomic E-state index is 0.155. The van der Waals surface area contributed by atoms with Crippen molar-refractivity contribution in [2.24, 2.45) is 0 Å². The molecule has 1 amide bonds. The van der Waals surface area contributed by atoms with Crippen molar-refractivity contribution >= 4 is 44.9 Å². The van der Waals surface area contributed by atoms with Gasteiger partial charge in [-0.3, -0.25) is 9.69 Å². The van der Waals surface area contributed by atoms with Crippen LogP contribution in [0.3, 0.4) is 0 Å². The predicted molar refractivity (Wildman–Crippen MR) is 113 cm³/mol. The topological polar surface area (TPSA) is 35.6 Å². The van der Waals surface area contributed by atoms with Crippen molar-refractivity contribution in [1.82, 2.24) is 10.2 Å². The van der Waals surface area contributed by atoms with E-state index < -0.39 is 17.7 Å². The summed E-state index contributed by atoms with van der Waals surface area (Å²) in [5, 5.41) is 3.37. The van der Waals surface area contributed by atoms with E-state index in [9.17, 15) is 13.6 Å². The summed E-state index contributed by atoms with van der Waals surface area (Å²) in [6.45, 7) is 1.76. The van der Waals surface area contributed by atoms with Crippen LogP contribution in [0.2, 0.25) is 0 Å². The van der Waals surface area contributed by atoms with Gasteiger partial charge in [-0.05, 0) is 43.4 Å². The van der Waals surface area contributed by atoms with E-state index in [1.807, 2.05) is 24.3 Å². The molecule has 146 valence electrons. The third-order valence-electron chi connectivity index (χ3n) is 4.46. The Labute approximate surface area is 176 Å². The van der Waals surface area contributed by atoms with Crippen molar-refractivity contribution < 1.29 is 13.6 Å². The van der Waals surface area contributed by atoms with Crippen LogP contribution < -0.4 is 10.2 Å². The van der Waals surface area contributed by atoms with Gasteiger partial charge >= 0.3 is 0 Å². The van der Waals surface area contributed by atoms with Gasteiger partial charge in [-0.2, -0.15) is 0 Å². The summed E-state index contributed by atoms with van der Waals surface area (Å²) in [7, 11) is 3.24. The average molecular weight is 466 g/mol. The number of nitrogens with one attached hydrogen (secondary N) is 1. The average Bonchev–Trinajstić information content (AvgIpc) is 2.61. The van der Waals surface area contributed by atoms with E-state index in [-0.39, 0.29) is 11.5 Å². The first-order valence-electron chi connectivity index (χ1n) is 8.44. The maximum atomic E-state index is 14.5. The minimum atomic E-state index is -0.827. The molecule has 1 aliphatic rings. The molecule has 2 aromatic rings. The maximum absolute atomic E-state index is 14.5. The highest BCUT2D eigenvalue weighted by molar-refractivity contribution is 9.10. The third kappa shape index (κ3) is 3.79. The van der Waals surface area contributed by atoms with Crippen LogP contribution in [0.15, 0.2) is 58.2 Å². The first kappa shape index (κ1) is 20.4. The van der Waals surface area contributed by atoms with Crippen molar-refractivity contribution in [2.45, 2.75) is 13.0 Å². The summed E-state index contributed by atoms with van der Waals surface area (Å²) in [5.41, 5.74) is 1.83. The Kier molecular flexibility index (Phi) is 5.81. The van der Waals surface area contributed by atoms with Crippen LogP contribution in [-0.4, -0.2) is 30.0 Å². The number of thiocarbonyl (C=S) groups is 1. The van der Waals surface area contributed by atoms with E-state index in [1.54, 1.807) is 25.9 Å². The molecule has 8 heteroatoms. The minimum Gasteiger partial charge on any atom is -0.351 e. The molecular formula is C20H18BrF2N3OS. The molecule has 0 spiro atoms. The van der Waals surface area contributed by atoms with E-state index >= 15 is 0 Å². The van der Waals surface area contributed by atoms with E-state index in [1.165, 1.54) is 11.0 Å². The van der Waals surface area contributed by atoms with Crippen LogP contribution in [0, 0.1) is 11.6 Å². The van der Waals surface area contributed by atoms with Gasteiger partial charge in [0.2, 0.25) is 0 Å². The van der Waals surface area contributed by atoms with Gasteiger partial charge in [0.05, 0.1) is 11.6 Å². The fourth-order valence-corrected chi connectivity index (χ4v) is 3.90. The van der Waals surface area contributed by atoms with Crippen LogP contribution in [-0.2, 0) is 4.79 Å². The number of likely N-dealkylation sites (N-methyl/N-ethyl adjacent to an activating group) is 1. The summed E-state index contributed by atoms with van der Waals surface area (Å²) in [6.07, 6.45) is 0. The van der Waals surface area contributed by atoms with E-state index in [0.717, 1.165) is 22.3 Å². The Bertz CT molecular complexity index is 993. The Hall–Kier alpha value is -2.32. The zero-order valence-electron chi connectivity index (χ0n) is 15.5. The van der Waals surface area contributed by atoms with Crippen molar-refractivity contribution in [3.63, 3.8) is 0 Å². The lowest BCUT2D eigenvalue weighted by atomic mass is 9.93. The summed E-state index contributed by atoms with van der Waals surface area (Å²) in [4.78, 5) is 16.1. The summed E-state index contributed by atoms with van der Waals surface area (Å²) in [6, 6.07) is 9.93. The normalized spacial score (nSPS) is 16.9. The molecule has 1 atom stereocenters. The largest absolute Gasteiger partial charge is 0.351 e. The van der Waals surface area contributed by atoms with Gasteiger partial charge in [-0.1, -0.05) is 28.1 Å². The number of benzene rings is 2. The molecule has 1 N–H and O–H groups in total. The van der Waals surface area contributed by atoms with Crippen LogP contribution in [0.1, 0.15) is 18.5 Å². The first-order chi connectivity index (χ1) is 13.2. The second-order valence-electron chi connectivity index (χ2n) is 6.56. The van der Waals surface area contributed by atoms with Crippen molar-refractivity contribution in [2.75, 3.05) is 19.0 Å². The van der Waals surface area contributed by atoms with Gasteiger partial charge in [0.15, 0.2) is 5.11 Å². The lowest BCUT2D eigenvalue weighted by Gasteiger charge is -2.38. The van der Waals surface area contributed by atoms with Crippen molar-refractivity contribution in [1.29, 1.82) is 0 Å². The molecule has 0 aromatic heterocycles. The number of carbonyl (C=O) groups is 1. The predicted octanol–water partition coefficient (Wildman–Crippen LogP) is 4.53. The lowest BCUT2D eigenvalue weighted by Crippen LogP contribution is -2.49. The zero-order valence-corrected chi connectivity index (χ0v) is 17.9. The second-order valence-corrected chi connectivity index (χ2v) is 7.86. The fraction of sp³-hybridized carbons (Fsp3) is 0.200. The van der Waals surface area contributed by atoms with Crippen LogP contribution >= 0.6 is 28.1 Å². The molecule has 0 saturated carbocycles. The summed E-state index contributed by atoms with van der Waals surface area (Å²) in [5.74, 6) is -1.72. The van der Waals surface area contributed by atoms with Crippen molar-refractivity contribution in [3.05, 3.63) is 75.4 Å². The highest BCUT2D eigenvalue weighted by atomic mass is 79.9. The summed E-state index contributed by atoms with van der Waals surface area (Å²) >= 11 is 8.96. The number of carbonyl (C=O) groups excluding carboxylic acids is 1. The number of nitrogens with zero attached hydrogens (tertiary/aromatic N) is 2. The van der Waals surface area contributed by atoms with Crippen LogP contribution in [0.4, 0.5) is 14.5 Å². The Morgan fingerprint density at radius 3 is 2.54 bits per heavy atom. The molecule has 0 aliphatic carbocycles. The highest BCUT2D eigenvalue weighted by Gasteiger charge is 2.36. The molecule has 0 fully saturated rings. The molecule has 2 aromatic carbocycles. The number of halogens is 3. The van der Waals surface area contributed by atoms with E-state index in [2.05, 4.69) is 21.2 Å². The van der Waals surface area contributed by atoms with E-state index in [0.29, 0.717) is 16.4 Å². The van der Waals surface area contributed by atoms with Gasteiger partial charge < -0.3 is 10.2 Å². The number of rotatable bonds is 3. The number of allylic oxidation sites excluding steroid dienone is 1. The number of hydrogen-bond acceptors (Lipinski definition) is 2. The Morgan fingerprint density at radius 2 is 1.93 bits per heavy atom. The first-order valence-corrected chi connectivity index (χ1v) is 9.64.